The molecule has 0 saturated heterocycles. The van der Waals surface area contributed by atoms with Gasteiger partial charge in [-0.15, -0.1) is 12.4 Å². The van der Waals surface area contributed by atoms with E-state index < -0.39 is 6.04 Å². The Bertz CT molecular complexity index is 1210. The second kappa shape index (κ2) is 8.76. The zero-order valence-corrected chi connectivity index (χ0v) is 18.5. The van der Waals surface area contributed by atoms with Crippen LogP contribution >= 0.6 is 12.4 Å². The van der Waals surface area contributed by atoms with Crippen molar-refractivity contribution in [2.24, 2.45) is 23.8 Å². The fraction of sp³-hybridized carbons (Fsp3) is 0.364. The molecule has 1 saturated carbocycles. The number of H-pyrrole nitrogens is 1. The number of rotatable bonds is 4. The average molecular weight is 456 g/mol. The molecule has 0 bridgehead atoms. The quantitative estimate of drug-likeness (QED) is 0.481. The van der Waals surface area contributed by atoms with E-state index in [4.69, 9.17) is 5.73 Å². The number of hydrogen-bond acceptors (Lipinski definition) is 5. The number of nitrogens with one attached hydrogen (secondary N) is 3. The lowest BCUT2D eigenvalue weighted by Gasteiger charge is -2.26. The van der Waals surface area contributed by atoms with Gasteiger partial charge in [0, 0.05) is 41.0 Å². The number of nitrogens with zero attached hydrogens (tertiary/aromatic N) is 3. The van der Waals surface area contributed by atoms with E-state index in [0.29, 0.717) is 11.3 Å². The largest absolute Gasteiger partial charge is 0.354 e. The molecule has 2 amide bonds. The summed E-state index contributed by atoms with van der Waals surface area (Å²) in [6.07, 6.45) is 10.7. The van der Waals surface area contributed by atoms with Crippen LogP contribution in [0.1, 0.15) is 48.0 Å². The summed E-state index contributed by atoms with van der Waals surface area (Å²) in [4.78, 5) is 28.9. The van der Waals surface area contributed by atoms with Crippen molar-refractivity contribution in [3.05, 3.63) is 35.7 Å². The molecule has 3 heterocycles. The zero-order chi connectivity index (χ0) is 21.5. The Morgan fingerprint density at radius 2 is 2.06 bits per heavy atom. The smallest absolute Gasteiger partial charge is 0.272 e. The Balaban J connectivity index is 0.00000245. The van der Waals surface area contributed by atoms with Gasteiger partial charge in [-0.1, -0.05) is 19.3 Å². The number of aromatic nitrogens is 3. The normalized spacial score (nSPS) is 16.9. The molecule has 2 aromatic heterocycles. The SMILES string of the molecule is Cl.Cn1cc(-c2[nH]c3cc(NC(=O)C(N)C4CCCCC4)cc4c3c2C=NNC4=O)cn1. The van der Waals surface area contributed by atoms with Crippen molar-refractivity contribution in [2.75, 3.05) is 5.32 Å². The van der Waals surface area contributed by atoms with Crippen LogP contribution in [-0.4, -0.2) is 38.8 Å². The van der Waals surface area contributed by atoms with Gasteiger partial charge >= 0.3 is 0 Å². The van der Waals surface area contributed by atoms with Gasteiger partial charge in [0.1, 0.15) is 0 Å². The zero-order valence-electron chi connectivity index (χ0n) is 17.7. The molecule has 10 heteroatoms. The predicted octanol–water partition coefficient (Wildman–Crippen LogP) is 2.91. The predicted molar refractivity (Wildman–Crippen MR) is 126 cm³/mol. The van der Waals surface area contributed by atoms with Gasteiger partial charge in [0.25, 0.3) is 5.91 Å². The molecule has 168 valence electrons. The molecule has 9 nitrogen and oxygen atoms in total. The molecule has 0 spiro atoms. The first kappa shape index (κ1) is 22.0. The van der Waals surface area contributed by atoms with Crippen molar-refractivity contribution >= 4 is 47.0 Å². The number of nitrogens with two attached hydrogens (primary N) is 1. The molecule has 1 unspecified atom stereocenters. The van der Waals surface area contributed by atoms with E-state index in [1.54, 1.807) is 23.2 Å². The lowest BCUT2D eigenvalue weighted by atomic mass is 9.84. The molecule has 1 atom stereocenters. The molecule has 32 heavy (non-hydrogen) atoms. The maximum atomic E-state index is 12.8. The summed E-state index contributed by atoms with van der Waals surface area (Å²) in [5.74, 6) is -0.350. The van der Waals surface area contributed by atoms with Crippen molar-refractivity contribution in [1.29, 1.82) is 0 Å². The van der Waals surface area contributed by atoms with Crippen molar-refractivity contribution in [1.82, 2.24) is 20.2 Å². The second-order valence-corrected chi connectivity index (χ2v) is 8.37. The van der Waals surface area contributed by atoms with Gasteiger partial charge in [0.05, 0.1) is 29.7 Å². The fourth-order valence-corrected chi connectivity index (χ4v) is 4.66. The third-order valence-electron chi connectivity index (χ3n) is 6.26. The first-order valence-corrected chi connectivity index (χ1v) is 10.6. The molecular formula is C22H26ClN7O2. The van der Waals surface area contributed by atoms with Gasteiger partial charge in [0.2, 0.25) is 5.91 Å². The highest BCUT2D eigenvalue weighted by Gasteiger charge is 2.27. The van der Waals surface area contributed by atoms with E-state index in [1.807, 2.05) is 19.3 Å². The summed E-state index contributed by atoms with van der Waals surface area (Å²) in [5, 5.41) is 12.0. The first-order valence-electron chi connectivity index (χ1n) is 10.6. The molecule has 3 aromatic rings. The maximum Gasteiger partial charge on any atom is 0.272 e. The van der Waals surface area contributed by atoms with Crippen LogP contribution in [0.4, 0.5) is 5.69 Å². The van der Waals surface area contributed by atoms with Crippen molar-refractivity contribution in [3.63, 3.8) is 0 Å². The van der Waals surface area contributed by atoms with Crippen LogP contribution in [0.3, 0.4) is 0 Å². The third-order valence-corrected chi connectivity index (χ3v) is 6.26. The number of aromatic amines is 1. The highest BCUT2D eigenvalue weighted by molar-refractivity contribution is 6.18. The van der Waals surface area contributed by atoms with E-state index >= 15 is 0 Å². The van der Waals surface area contributed by atoms with Gasteiger partial charge in [-0.3, -0.25) is 14.3 Å². The highest BCUT2D eigenvalue weighted by atomic mass is 35.5. The molecule has 1 aliphatic heterocycles. The van der Waals surface area contributed by atoms with Crippen molar-refractivity contribution in [3.8, 4) is 11.3 Å². The summed E-state index contributed by atoms with van der Waals surface area (Å²) < 4.78 is 1.71. The van der Waals surface area contributed by atoms with Crippen LogP contribution in [0.5, 0.6) is 0 Å². The molecule has 1 aromatic carbocycles. The van der Waals surface area contributed by atoms with E-state index in [1.165, 1.54) is 6.42 Å². The summed E-state index contributed by atoms with van der Waals surface area (Å²) in [5.41, 5.74) is 13.0. The fourth-order valence-electron chi connectivity index (χ4n) is 4.66. The standard InChI is InChI=1S/C22H25N7O2.ClH/c1-29-11-13(9-25-29)20-16-10-24-28-21(30)15-7-14(8-17(27-20)18(15)16)26-22(31)19(23)12-5-3-2-4-6-12;/h7-12,19,27H,2-6,23H2,1H3,(H,26,31)(H,28,30);1H. The summed E-state index contributed by atoms with van der Waals surface area (Å²) >= 11 is 0. The Kier molecular flexibility index (Phi) is 6.03. The summed E-state index contributed by atoms with van der Waals surface area (Å²) in [6.45, 7) is 0. The topological polar surface area (TPSA) is 130 Å². The van der Waals surface area contributed by atoms with Crippen LogP contribution in [0.15, 0.2) is 29.6 Å². The van der Waals surface area contributed by atoms with Crippen molar-refractivity contribution < 1.29 is 9.59 Å². The van der Waals surface area contributed by atoms with Gasteiger partial charge in [-0.05, 0) is 30.9 Å². The van der Waals surface area contributed by atoms with Gasteiger partial charge in [-0.25, -0.2) is 5.43 Å². The summed E-state index contributed by atoms with van der Waals surface area (Å²) in [6, 6.07) is 2.96. The minimum atomic E-state index is -0.558. The molecule has 1 fully saturated rings. The molecule has 5 rings (SSSR count). The number of aryl methyl sites for hydroxylation is 1. The highest BCUT2D eigenvalue weighted by Crippen LogP contribution is 2.34. The number of carbonyl (C=O) groups excluding carboxylic acids is 2. The van der Waals surface area contributed by atoms with E-state index in [-0.39, 0.29) is 30.1 Å². The maximum absolute atomic E-state index is 12.8. The van der Waals surface area contributed by atoms with Crippen LogP contribution in [-0.2, 0) is 11.8 Å². The van der Waals surface area contributed by atoms with Crippen molar-refractivity contribution in [2.45, 2.75) is 38.1 Å². The second-order valence-electron chi connectivity index (χ2n) is 8.37. The van der Waals surface area contributed by atoms with Crippen LogP contribution in [0.25, 0.3) is 22.2 Å². The van der Waals surface area contributed by atoms with E-state index in [2.05, 4.69) is 25.9 Å². The number of anilines is 1. The molecule has 1 aliphatic carbocycles. The van der Waals surface area contributed by atoms with Gasteiger partial charge < -0.3 is 16.0 Å². The minimum absolute atomic E-state index is 0. The summed E-state index contributed by atoms with van der Waals surface area (Å²) in [7, 11) is 1.84. The van der Waals surface area contributed by atoms with Gasteiger partial charge in [0.15, 0.2) is 0 Å². The number of hydrogen-bond donors (Lipinski definition) is 4. The number of hydrazone groups is 1. The lowest BCUT2D eigenvalue weighted by molar-refractivity contribution is -0.118. The average Bonchev–Trinajstić information content (AvgIpc) is 3.31. The minimum Gasteiger partial charge on any atom is -0.354 e. The number of halogens is 1. The third kappa shape index (κ3) is 3.89. The molecular weight excluding hydrogens is 430 g/mol. The lowest BCUT2D eigenvalue weighted by Crippen LogP contribution is -2.42. The van der Waals surface area contributed by atoms with Gasteiger partial charge in [-0.2, -0.15) is 10.2 Å². The van der Waals surface area contributed by atoms with E-state index in [9.17, 15) is 9.59 Å². The number of amides is 2. The first-order chi connectivity index (χ1) is 15.0. The van der Waals surface area contributed by atoms with Crippen LogP contribution in [0.2, 0.25) is 0 Å². The monoisotopic (exact) mass is 455 g/mol. The Morgan fingerprint density at radius 1 is 1.28 bits per heavy atom. The number of benzene rings is 1. The Hall–Kier alpha value is -3.17. The Labute approximate surface area is 191 Å². The van der Waals surface area contributed by atoms with E-state index in [0.717, 1.165) is 53.4 Å². The Morgan fingerprint density at radius 3 is 2.78 bits per heavy atom. The molecule has 2 aliphatic rings. The number of carbonyl (C=O) groups is 2. The molecule has 5 N–H and O–H groups in total. The van der Waals surface area contributed by atoms with Crippen LogP contribution in [0, 0.1) is 5.92 Å². The van der Waals surface area contributed by atoms with Crippen LogP contribution < -0.4 is 16.5 Å². The molecule has 0 radical (unpaired) electrons.